The number of piperidine rings is 1. The van der Waals surface area contributed by atoms with Gasteiger partial charge in [0.2, 0.25) is 5.91 Å². The summed E-state index contributed by atoms with van der Waals surface area (Å²) in [5, 5.41) is 6.43. The summed E-state index contributed by atoms with van der Waals surface area (Å²) in [4.78, 5) is 12.4. The smallest absolute Gasteiger partial charge is 0.224 e. The van der Waals surface area contributed by atoms with Gasteiger partial charge in [0.15, 0.2) is 11.5 Å². The monoisotopic (exact) mass is 384 g/mol. The van der Waals surface area contributed by atoms with E-state index in [1.54, 1.807) is 0 Å². The van der Waals surface area contributed by atoms with E-state index in [-0.39, 0.29) is 30.3 Å². The minimum atomic E-state index is -0.0568. The molecule has 1 fully saturated rings. The molecule has 0 saturated carbocycles. The lowest BCUT2D eigenvalue weighted by Gasteiger charge is -2.24. The summed E-state index contributed by atoms with van der Waals surface area (Å²) in [5.74, 6) is 1.73. The minimum absolute atomic E-state index is 0. The molecular weight excluding hydrogens is 352 g/mol. The predicted octanol–water partition coefficient (Wildman–Crippen LogP) is 3.86. The van der Waals surface area contributed by atoms with Crippen LogP contribution >= 0.6 is 12.4 Å². The van der Waals surface area contributed by atoms with E-state index in [1.807, 2.05) is 25.1 Å². The number of hydrogen-bond acceptors (Lipinski definition) is 4. The molecule has 26 heavy (non-hydrogen) atoms. The van der Waals surface area contributed by atoms with Crippen LogP contribution in [0.1, 0.15) is 58.1 Å². The average molecular weight is 385 g/mol. The number of ether oxygens (including phenoxy) is 2. The van der Waals surface area contributed by atoms with Gasteiger partial charge in [0, 0.05) is 6.54 Å². The first-order valence-electron chi connectivity index (χ1n) is 9.56. The van der Waals surface area contributed by atoms with E-state index in [1.165, 1.54) is 0 Å². The second-order valence-corrected chi connectivity index (χ2v) is 6.68. The van der Waals surface area contributed by atoms with Crippen molar-refractivity contribution in [1.29, 1.82) is 0 Å². The summed E-state index contributed by atoms with van der Waals surface area (Å²) in [6, 6.07) is 5.89. The number of nitrogens with one attached hydrogen (secondary N) is 2. The molecule has 2 rings (SSSR count). The molecule has 1 amide bonds. The number of halogens is 1. The molecular formula is C20H33ClN2O3. The molecule has 1 saturated heterocycles. The van der Waals surface area contributed by atoms with Crippen LogP contribution in [-0.4, -0.2) is 32.2 Å². The summed E-state index contributed by atoms with van der Waals surface area (Å²) in [7, 11) is 0. The fourth-order valence-electron chi connectivity index (χ4n) is 2.94. The van der Waals surface area contributed by atoms with E-state index >= 15 is 0 Å². The molecule has 0 aliphatic carbocycles. The summed E-state index contributed by atoms with van der Waals surface area (Å²) in [6.07, 6.45) is 3.92. The van der Waals surface area contributed by atoms with Gasteiger partial charge in [-0.2, -0.15) is 0 Å². The van der Waals surface area contributed by atoms with E-state index in [4.69, 9.17) is 9.47 Å². The van der Waals surface area contributed by atoms with Gasteiger partial charge in [0.05, 0.1) is 25.2 Å². The standard InChI is InChI=1S/C20H32N2O3.ClH/c1-4-11-24-18-9-8-16(13-19(18)25-12-5-2)15(3)22-20(23)17-7-6-10-21-14-17;/h8-9,13,15,17,21H,4-7,10-12,14H2,1-3H3,(H,22,23);1H. The largest absolute Gasteiger partial charge is 0.490 e. The predicted molar refractivity (Wildman–Crippen MR) is 107 cm³/mol. The van der Waals surface area contributed by atoms with Crippen molar-refractivity contribution in [2.75, 3.05) is 26.3 Å². The first-order chi connectivity index (χ1) is 12.2. The molecule has 0 spiro atoms. The normalized spacial score (nSPS) is 17.7. The van der Waals surface area contributed by atoms with Crippen molar-refractivity contribution in [2.24, 2.45) is 5.92 Å². The molecule has 1 aromatic rings. The number of amides is 1. The molecule has 2 N–H and O–H groups in total. The maximum Gasteiger partial charge on any atom is 0.224 e. The van der Waals surface area contributed by atoms with Crippen LogP contribution in [0.25, 0.3) is 0 Å². The lowest BCUT2D eigenvalue weighted by molar-refractivity contribution is -0.126. The molecule has 148 valence electrons. The Balaban J connectivity index is 0.00000338. The second kappa shape index (κ2) is 12.0. The molecule has 0 bridgehead atoms. The molecule has 0 radical (unpaired) electrons. The van der Waals surface area contributed by atoms with E-state index in [0.717, 1.165) is 55.8 Å². The van der Waals surface area contributed by atoms with Crippen molar-refractivity contribution in [2.45, 2.75) is 52.5 Å². The number of hydrogen-bond donors (Lipinski definition) is 2. The Hall–Kier alpha value is -1.46. The van der Waals surface area contributed by atoms with E-state index in [2.05, 4.69) is 24.5 Å². The zero-order valence-corrected chi connectivity index (χ0v) is 17.0. The van der Waals surface area contributed by atoms with Crippen LogP contribution < -0.4 is 20.1 Å². The van der Waals surface area contributed by atoms with Crippen LogP contribution in [0.4, 0.5) is 0 Å². The highest BCUT2D eigenvalue weighted by atomic mass is 35.5. The number of rotatable bonds is 9. The van der Waals surface area contributed by atoms with Gasteiger partial charge in [-0.05, 0) is 56.8 Å². The van der Waals surface area contributed by atoms with Crippen LogP contribution in [0.2, 0.25) is 0 Å². The first-order valence-corrected chi connectivity index (χ1v) is 9.56. The zero-order chi connectivity index (χ0) is 18.1. The summed E-state index contributed by atoms with van der Waals surface area (Å²) >= 11 is 0. The molecule has 2 unspecified atom stereocenters. The molecule has 5 nitrogen and oxygen atoms in total. The van der Waals surface area contributed by atoms with Crippen LogP contribution in [0.15, 0.2) is 18.2 Å². The van der Waals surface area contributed by atoms with Gasteiger partial charge in [0.1, 0.15) is 0 Å². The summed E-state index contributed by atoms with van der Waals surface area (Å²) in [5.41, 5.74) is 1.03. The van der Waals surface area contributed by atoms with Crippen molar-refractivity contribution in [3.05, 3.63) is 23.8 Å². The zero-order valence-electron chi connectivity index (χ0n) is 16.2. The Morgan fingerprint density at radius 3 is 2.54 bits per heavy atom. The van der Waals surface area contributed by atoms with Gasteiger partial charge >= 0.3 is 0 Å². The third-order valence-electron chi connectivity index (χ3n) is 4.42. The highest BCUT2D eigenvalue weighted by Gasteiger charge is 2.22. The average Bonchev–Trinajstić information content (AvgIpc) is 2.65. The van der Waals surface area contributed by atoms with Crippen molar-refractivity contribution >= 4 is 18.3 Å². The Bertz CT molecular complexity index is 548. The lowest BCUT2D eigenvalue weighted by atomic mass is 9.98. The van der Waals surface area contributed by atoms with Gasteiger partial charge in [-0.3, -0.25) is 4.79 Å². The molecule has 1 aliphatic rings. The third kappa shape index (κ3) is 6.69. The quantitative estimate of drug-likeness (QED) is 0.678. The Morgan fingerprint density at radius 2 is 1.92 bits per heavy atom. The van der Waals surface area contributed by atoms with E-state index in [0.29, 0.717) is 13.2 Å². The van der Waals surface area contributed by atoms with Crippen LogP contribution in [0.3, 0.4) is 0 Å². The first kappa shape index (κ1) is 22.6. The maximum absolute atomic E-state index is 12.4. The second-order valence-electron chi connectivity index (χ2n) is 6.68. The van der Waals surface area contributed by atoms with Gasteiger partial charge in [-0.1, -0.05) is 19.9 Å². The van der Waals surface area contributed by atoms with E-state index < -0.39 is 0 Å². The maximum atomic E-state index is 12.4. The van der Waals surface area contributed by atoms with Crippen LogP contribution in [-0.2, 0) is 4.79 Å². The molecule has 1 heterocycles. The lowest BCUT2D eigenvalue weighted by Crippen LogP contribution is -2.41. The molecule has 0 aromatic heterocycles. The van der Waals surface area contributed by atoms with Crippen molar-refractivity contribution in [1.82, 2.24) is 10.6 Å². The molecule has 6 heteroatoms. The Kier molecular flexibility index (Phi) is 10.4. The van der Waals surface area contributed by atoms with Crippen LogP contribution in [0, 0.1) is 5.92 Å². The van der Waals surface area contributed by atoms with Crippen molar-refractivity contribution in [3.63, 3.8) is 0 Å². The van der Waals surface area contributed by atoms with Gasteiger partial charge in [0.25, 0.3) is 0 Å². The molecule has 2 atom stereocenters. The SMILES string of the molecule is CCCOc1ccc(C(C)NC(=O)C2CCCNC2)cc1OCCC.Cl. The highest BCUT2D eigenvalue weighted by molar-refractivity contribution is 5.85. The summed E-state index contributed by atoms with van der Waals surface area (Å²) in [6.45, 7) is 9.28. The highest BCUT2D eigenvalue weighted by Crippen LogP contribution is 2.31. The fourth-order valence-corrected chi connectivity index (χ4v) is 2.94. The Morgan fingerprint density at radius 1 is 1.23 bits per heavy atom. The number of carbonyl (C=O) groups is 1. The van der Waals surface area contributed by atoms with Crippen molar-refractivity contribution < 1.29 is 14.3 Å². The van der Waals surface area contributed by atoms with E-state index in [9.17, 15) is 4.79 Å². The Labute approximate surface area is 163 Å². The molecule has 1 aliphatic heterocycles. The minimum Gasteiger partial charge on any atom is -0.490 e. The third-order valence-corrected chi connectivity index (χ3v) is 4.42. The molecule has 1 aromatic carbocycles. The summed E-state index contributed by atoms with van der Waals surface area (Å²) < 4.78 is 11.6. The van der Waals surface area contributed by atoms with Crippen molar-refractivity contribution in [3.8, 4) is 11.5 Å². The van der Waals surface area contributed by atoms with Gasteiger partial charge in [-0.15, -0.1) is 12.4 Å². The topological polar surface area (TPSA) is 59.6 Å². The fraction of sp³-hybridized carbons (Fsp3) is 0.650. The number of benzene rings is 1. The van der Waals surface area contributed by atoms with Gasteiger partial charge < -0.3 is 20.1 Å². The van der Waals surface area contributed by atoms with Crippen LogP contribution in [0.5, 0.6) is 11.5 Å². The van der Waals surface area contributed by atoms with Gasteiger partial charge in [-0.25, -0.2) is 0 Å². The number of carbonyl (C=O) groups excluding carboxylic acids is 1.